The van der Waals surface area contributed by atoms with Crippen LogP contribution in [0.2, 0.25) is 0 Å². The van der Waals surface area contributed by atoms with Gasteiger partial charge in [0.15, 0.2) is 0 Å². The first-order chi connectivity index (χ1) is 9.20. The zero-order valence-corrected chi connectivity index (χ0v) is 11.0. The van der Waals surface area contributed by atoms with Crippen LogP contribution in [0.3, 0.4) is 0 Å². The van der Waals surface area contributed by atoms with E-state index >= 15 is 0 Å². The topological polar surface area (TPSA) is 62.7 Å². The van der Waals surface area contributed by atoms with E-state index in [1.165, 1.54) is 0 Å². The van der Waals surface area contributed by atoms with Crippen LogP contribution in [-0.2, 0) is 4.79 Å². The molecule has 3 unspecified atom stereocenters. The molecule has 5 heteroatoms. The summed E-state index contributed by atoms with van der Waals surface area (Å²) >= 11 is 0. The highest BCUT2D eigenvalue weighted by Gasteiger charge is 2.47. The number of nitrogens with zero attached hydrogens (tertiary/aromatic N) is 2. The number of methoxy groups -OCH3 is 1. The molecule has 1 aliphatic heterocycles. The van der Waals surface area contributed by atoms with Crippen molar-refractivity contribution in [2.75, 3.05) is 18.6 Å². The van der Waals surface area contributed by atoms with Gasteiger partial charge in [-0.2, -0.15) is 0 Å². The normalized spacial score (nSPS) is 29.3. The maximum atomic E-state index is 11.6. The fourth-order valence-electron chi connectivity index (χ4n) is 3.58. The molecular weight excluding hydrogens is 244 g/mol. The number of ether oxygens (including phenoxy) is 1. The number of pyridine rings is 1. The summed E-state index contributed by atoms with van der Waals surface area (Å²) in [5.74, 6) is 0.612. The second kappa shape index (κ2) is 4.72. The minimum absolute atomic E-state index is 0.289. The summed E-state index contributed by atoms with van der Waals surface area (Å²) in [6.07, 6.45) is 5.00. The number of carbonyl (C=O) groups is 1. The fraction of sp³-hybridized carbons (Fsp3) is 0.571. The highest BCUT2D eigenvalue weighted by molar-refractivity contribution is 5.80. The third kappa shape index (κ3) is 2.03. The average Bonchev–Trinajstić information content (AvgIpc) is 2.98. The molecule has 3 rings (SSSR count). The van der Waals surface area contributed by atoms with Crippen LogP contribution in [0.1, 0.15) is 19.3 Å². The summed E-state index contributed by atoms with van der Waals surface area (Å²) < 4.78 is 5.12. The molecule has 2 heterocycles. The molecule has 0 spiro atoms. The van der Waals surface area contributed by atoms with Crippen LogP contribution < -0.4 is 9.64 Å². The number of aliphatic carboxylic acids is 1. The number of hydrogen-bond donors (Lipinski definition) is 1. The summed E-state index contributed by atoms with van der Waals surface area (Å²) in [5, 5.41) is 9.53. The van der Waals surface area contributed by atoms with Crippen molar-refractivity contribution >= 4 is 11.7 Å². The third-order valence-electron chi connectivity index (χ3n) is 4.40. The number of hydrogen-bond acceptors (Lipinski definition) is 4. The van der Waals surface area contributed by atoms with Crippen LogP contribution in [0.4, 0.5) is 5.69 Å². The van der Waals surface area contributed by atoms with Crippen molar-refractivity contribution in [3.8, 4) is 5.88 Å². The van der Waals surface area contributed by atoms with Crippen molar-refractivity contribution in [1.29, 1.82) is 0 Å². The fourth-order valence-corrected chi connectivity index (χ4v) is 3.58. The van der Waals surface area contributed by atoms with E-state index in [9.17, 15) is 9.90 Å². The Morgan fingerprint density at radius 3 is 3.11 bits per heavy atom. The molecule has 1 aliphatic carbocycles. The number of anilines is 1. The van der Waals surface area contributed by atoms with Gasteiger partial charge < -0.3 is 14.7 Å². The van der Waals surface area contributed by atoms with E-state index in [0.29, 0.717) is 11.8 Å². The zero-order chi connectivity index (χ0) is 13.4. The smallest absolute Gasteiger partial charge is 0.326 e. The average molecular weight is 262 g/mol. The van der Waals surface area contributed by atoms with Crippen LogP contribution in [0.25, 0.3) is 0 Å². The van der Waals surface area contributed by atoms with Crippen molar-refractivity contribution in [2.45, 2.75) is 25.3 Å². The molecule has 1 saturated heterocycles. The molecule has 1 N–H and O–H groups in total. The van der Waals surface area contributed by atoms with Crippen molar-refractivity contribution in [1.82, 2.24) is 4.98 Å². The third-order valence-corrected chi connectivity index (χ3v) is 4.40. The zero-order valence-electron chi connectivity index (χ0n) is 11.0. The summed E-state index contributed by atoms with van der Waals surface area (Å²) in [6.45, 7) is 0.828. The maximum Gasteiger partial charge on any atom is 0.326 e. The van der Waals surface area contributed by atoms with Crippen LogP contribution in [-0.4, -0.2) is 35.8 Å². The highest BCUT2D eigenvalue weighted by Crippen LogP contribution is 2.44. The van der Waals surface area contributed by atoms with E-state index in [-0.39, 0.29) is 5.92 Å². The lowest BCUT2D eigenvalue weighted by Gasteiger charge is -2.26. The van der Waals surface area contributed by atoms with Crippen LogP contribution in [0.15, 0.2) is 18.3 Å². The second-order valence-corrected chi connectivity index (χ2v) is 5.35. The van der Waals surface area contributed by atoms with E-state index in [0.717, 1.165) is 31.5 Å². The summed E-state index contributed by atoms with van der Waals surface area (Å²) in [5.41, 5.74) is 0.897. The van der Waals surface area contributed by atoms with Crippen LogP contribution >= 0.6 is 0 Å². The Labute approximate surface area is 112 Å². The lowest BCUT2D eigenvalue weighted by atomic mass is 9.94. The number of fused-ring (bicyclic) bond motifs is 1. The molecule has 2 fully saturated rings. The molecule has 19 heavy (non-hydrogen) atoms. The Bertz CT molecular complexity index is 491. The molecule has 0 aromatic carbocycles. The van der Waals surface area contributed by atoms with Gasteiger partial charge in [0, 0.05) is 24.5 Å². The van der Waals surface area contributed by atoms with Crippen molar-refractivity contribution in [2.24, 2.45) is 11.8 Å². The Morgan fingerprint density at radius 1 is 1.53 bits per heavy atom. The molecule has 3 atom stereocenters. The second-order valence-electron chi connectivity index (χ2n) is 5.35. The predicted octanol–water partition coefficient (Wildman–Crippen LogP) is 1.78. The predicted molar refractivity (Wildman–Crippen MR) is 70.4 cm³/mol. The molecule has 0 bridgehead atoms. The molecule has 2 aliphatic rings. The molecule has 5 nitrogen and oxygen atoms in total. The number of carboxylic acids is 1. The van der Waals surface area contributed by atoms with E-state index < -0.39 is 12.0 Å². The molecule has 102 valence electrons. The monoisotopic (exact) mass is 262 g/mol. The number of rotatable bonds is 3. The molecule has 0 amide bonds. The number of carboxylic acid groups (broad SMARTS) is 1. The van der Waals surface area contributed by atoms with Crippen molar-refractivity contribution in [3.05, 3.63) is 18.3 Å². The van der Waals surface area contributed by atoms with Crippen LogP contribution in [0, 0.1) is 11.8 Å². The minimum Gasteiger partial charge on any atom is -0.481 e. The molecule has 1 saturated carbocycles. The first kappa shape index (κ1) is 12.3. The Hall–Kier alpha value is -1.78. The van der Waals surface area contributed by atoms with Gasteiger partial charge in [-0.25, -0.2) is 9.78 Å². The SMILES string of the molecule is COc1cc(N2CC3CCCC3C2C(=O)O)ccn1. The first-order valence-electron chi connectivity index (χ1n) is 6.70. The van der Waals surface area contributed by atoms with Gasteiger partial charge in [-0.1, -0.05) is 6.42 Å². The quantitative estimate of drug-likeness (QED) is 0.899. The van der Waals surface area contributed by atoms with E-state index in [1.807, 2.05) is 17.0 Å². The summed E-state index contributed by atoms with van der Waals surface area (Å²) in [6, 6.07) is 3.27. The highest BCUT2D eigenvalue weighted by atomic mass is 16.5. The van der Waals surface area contributed by atoms with Crippen molar-refractivity contribution < 1.29 is 14.6 Å². The summed E-state index contributed by atoms with van der Waals surface area (Å²) in [7, 11) is 1.57. The van der Waals surface area contributed by atoms with Gasteiger partial charge in [0.25, 0.3) is 0 Å². The molecule has 0 radical (unpaired) electrons. The van der Waals surface area contributed by atoms with Gasteiger partial charge >= 0.3 is 5.97 Å². The lowest BCUT2D eigenvalue weighted by Crippen LogP contribution is -2.39. The Balaban J connectivity index is 1.92. The van der Waals surface area contributed by atoms with E-state index in [2.05, 4.69) is 4.98 Å². The largest absolute Gasteiger partial charge is 0.481 e. The lowest BCUT2D eigenvalue weighted by molar-refractivity contribution is -0.139. The molecule has 1 aromatic rings. The number of aromatic nitrogens is 1. The Kier molecular flexibility index (Phi) is 3.05. The minimum atomic E-state index is -0.717. The molecular formula is C14H18N2O3. The van der Waals surface area contributed by atoms with Crippen molar-refractivity contribution in [3.63, 3.8) is 0 Å². The standard InChI is InChI=1S/C14H18N2O3/c1-19-12-7-10(5-6-15-12)16-8-9-3-2-4-11(9)13(16)14(17)18/h5-7,9,11,13H,2-4,8H2,1H3,(H,17,18). The van der Waals surface area contributed by atoms with Gasteiger partial charge in [0.1, 0.15) is 6.04 Å². The molecule has 1 aromatic heterocycles. The van der Waals surface area contributed by atoms with Gasteiger partial charge in [-0.15, -0.1) is 0 Å². The van der Waals surface area contributed by atoms with Gasteiger partial charge in [-0.3, -0.25) is 0 Å². The Morgan fingerprint density at radius 2 is 2.37 bits per heavy atom. The maximum absolute atomic E-state index is 11.6. The van der Waals surface area contributed by atoms with Gasteiger partial charge in [0.05, 0.1) is 7.11 Å². The van der Waals surface area contributed by atoms with Gasteiger partial charge in [0.2, 0.25) is 5.88 Å². The van der Waals surface area contributed by atoms with Gasteiger partial charge in [-0.05, 0) is 30.7 Å². The van der Waals surface area contributed by atoms with E-state index in [1.54, 1.807) is 13.3 Å². The van der Waals surface area contributed by atoms with E-state index in [4.69, 9.17) is 4.74 Å². The summed E-state index contributed by atoms with van der Waals surface area (Å²) in [4.78, 5) is 17.7. The first-order valence-corrected chi connectivity index (χ1v) is 6.70. The van der Waals surface area contributed by atoms with Crippen LogP contribution in [0.5, 0.6) is 5.88 Å².